The van der Waals surface area contributed by atoms with E-state index >= 15 is 0 Å². The van der Waals surface area contributed by atoms with Crippen molar-refractivity contribution in [2.45, 2.75) is 32.1 Å². The van der Waals surface area contributed by atoms with Gasteiger partial charge in [0.1, 0.15) is 0 Å². The van der Waals surface area contributed by atoms with Crippen LogP contribution in [-0.4, -0.2) is 37.5 Å². The highest BCUT2D eigenvalue weighted by atomic mass is 16.2. The van der Waals surface area contributed by atoms with E-state index in [1.807, 2.05) is 36.4 Å². The zero-order valence-corrected chi connectivity index (χ0v) is 15.7. The summed E-state index contributed by atoms with van der Waals surface area (Å²) in [6, 6.07) is 20.3. The first-order valence-electron chi connectivity index (χ1n) is 9.24. The fourth-order valence-electron chi connectivity index (χ4n) is 3.60. The second-order valence-electron chi connectivity index (χ2n) is 6.35. The lowest BCUT2D eigenvalue weighted by molar-refractivity contribution is -0.125. The molecule has 0 atom stereocenters. The van der Waals surface area contributed by atoms with Gasteiger partial charge in [-0.2, -0.15) is 0 Å². The predicted molar refractivity (Wildman–Crippen MR) is 105 cm³/mol. The monoisotopic (exact) mass is 338 g/mol. The van der Waals surface area contributed by atoms with Crippen LogP contribution in [0.3, 0.4) is 0 Å². The maximum atomic E-state index is 13.1. The molecule has 1 amide bonds. The lowest BCUT2D eigenvalue weighted by Gasteiger charge is -2.34. The van der Waals surface area contributed by atoms with Crippen molar-refractivity contribution in [3.8, 4) is 0 Å². The summed E-state index contributed by atoms with van der Waals surface area (Å²) in [5.41, 5.74) is 1.46. The summed E-state index contributed by atoms with van der Waals surface area (Å²) in [5, 5.41) is 2.92. The molecule has 0 bridgehead atoms. The van der Waals surface area contributed by atoms with Gasteiger partial charge in [0.25, 0.3) is 0 Å². The summed E-state index contributed by atoms with van der Waals surface area (Å²) in [7, 11) is 1.73. The van der Waals surface area contributed by atoms with E-state index in [1.54, 1.807) is 7.05 Å². The second-order valence-corrected chi connectivity index (χ2v) is 6.35. The van der Waals surface area contributed by atoms with Gasteiger partial charge in [-0.1, -0.05) is 74.5 Å². The van der Waals surface area contributed by atoms with Gasteiger partial charge in [-0.15, -0.1) is 0 Å². The van der Waals surface area contributed by atoms with Gasteiger partial charge in [0, 0.05) is 7.05 Å². The molecule has 0 aliphatic heterocycles. The number of carbonyl (C=O) groups is 1. The molecule has 0 aliphatic rings. The Hall–Kier alpha value is -2.13. The lowest BCUT2D eigenvalue weighted by atomic mass is 9.70. The van der Waals surface area contributed by atoms with E-state index in [9.17, 15) is 4.79 Å². The van der Waals surface area contributed by atoms with Crippen molar-refractivity contribution in [3.63, 3.8) is 0 Å². The number of benzene rings is 2. The van der Waals surface area contributed by atoms with E-state index in [2.05, 4.69) is 48.3 Å². The molecule has 134 valence electrons. The van der Waals surface area contributed by atoms with Crippen molar-refractivity contribution in [2.24, 2.45) is 0 Å². The van der Waals surface area contributed by atoms with Gasteiger partial charge in [-0.05, 0) is 43.6 Å². The van der Waals surface area contributed by atoms with Crippen molar-refractivity contribution in [3.05, 3.63) is 71.8 Å². The zero-order chi connectivity index (χ0) is 18.1. The molecule has 2 rings (SSSR count). The summed E-state index contributed by atoms with van der Waals surface area (Å²) in [5.74, 6) is 0.0597. The second kappa shape index (κ2) is 9.38. The van der Waals surface area contributed by atoms with Gasteiger partial charge in [0.15, 0.2) is 0 Å². The molecule has 1 N–H and O–H groups in total. The number of hydrogen-bond acceptors (Lipinski definition) is 2. The van der Waals surface area contributed by atoms with E-state index in [4.69, 9.17) is 0 Å². The molecule has 0 unspecified atom stereocenters. The number of likely N-dealkylation sites (N-methyl/N-ethyl adjacent to an activating group) is 1. The fourth-order valence-corrected chi connectivity index (χ4v) is 3.60. The minimum atomic E-state index is -0.648. The maximum Gasteiger partial charge on any atom is 0.234 e. The van der Waals surface area contributed by atoms with Crippen LogP contribution in [0.1, 0.15) is 37.8 Å². The van der Waals surface area contributed by atoms with E-state index < -0.39 is 5.41 Å². The summed E-state index contributed by atoms with van der Waals surface area (Å²) in [6.07, 6.45) is 1.76. The van der Waals surface area contributed by atoms with Crippen molar-refractivity contribution < 1.29 is 4.79 Å². The van der Waals surface area contributed by atoms with Crippen molar-refractivity contribution in [2.75, 3.05) is 26.7 Å². The zero-order valence-electron chi connectivity index (χ0n) is 15.7. The van der Waals surface area contributed by atoms with E-state index in [0.717, 1.165) is 43.6 Å². The first-order chi connectivity index (χ1) is 12.2. The summed E-state index contributed by atoms with van der Waals surface area (Å²) in [6.45, 7) is 7.46. The first kappa shape index (κ1) is 19.2. The third-order valence-electron chi connectivity index (χ3n) is 5.07. The Kier molecular flexibility index (Phi) is 7.20. The van der Waals surface area contributed by atoms with Gasteiger partial charge >= 0.3 is 0 Å². The van der Waals surface area contributed by atoms with Gasteiger partial charge in [-0.25, -0.2) is 0 Å². The van der Waals surface area contributed by atoms with E-state index in [-0.39, 0.29) is 5.91 Å². The molecule has 0 saturated carbocycles. The van der Waals surface area contributed by atoms with Crippen LogP contribution < -0.4 is 5.32 Å². The number of carbonyl (C=O) groups excluding carboxylic acids is 1. The third-order valence-corrected chi connectivity index (χ3v) is 5.07. The molecule has 25 heavy (non-hydrogen) atoms. The van der Waals surface area contributed by atoms with Gasteiger partial charge < -0.3 is 10.2 Å². The Morgan fingerprint density at radius 1 is 0.920 bits per heavy atom. The van der Waals surface area contributed by atoms with Crippen LogP contribution in [0.15, 0.2) is 60.7 Å². The number of amides is 1. The average Bonchev–Trinajstić information content (AvgIpc) is 2.69. The minimum Gasteiger partial charge on any atom is -0.358 e. The average molecular weight is 338 g/mol. The molecular formula is C22H30N2O. The highest BCUT2D eigenvalue weighted by molar-refractivity contribution is 5.91. The SMILES string of the molecule is CCN(CC)CCCC(C(=O)NC)(c1ccccc1)c1ccccc1. The molecular weight excluding hydrogens is 308 g/mol. The van der Waals surface area contributed by atoms with Crippen molar-refractivity contribution in [1.29, 1.82) is 0 Å². The van der Waals surface area contributed by atoms with Gasteiger partial charge in [0.05, 0.1) is 5.41 Å². The number of nitrogens with one attached hydrogen (secondary N) is 1. The minimum absolute atomic E-state index is 0.0597. The highest BCUT2D eigenvalue weighted by Gasteiger charge is 2.40. The molecule has 0 radical (unpaired) electrons. The Balaban J connectivity index is 2.43. The summed E-state index contributed by atoms with van der Waals surface area (Å²) in [4.78, 5) is 15.5. The Labute approximate surface area is 152 Å². The van der Waals surface area contributed by atoms with E-state index in [1.165, 1.54) is 0 Å². The van der Waals surface area contributed by atoms with Crippen molar-refractivity contribution in [1.82, 2.24) is 10.2 Å². The smallest absolute Gasteiger partial charge is 0.234 e. The molecule has 0 saturated heterocycles. The Bertz CT molecular complexity index is 596. The number of rotatable bonds is 9. The molecule has 3 nitrogen and oxygen atoms in total. The van der Waals surface area contributed by atoms with E-state index in [0.29, 0.717) is 0 Å². The molecule has 3 heteroatoms. The van der Waals surface area contributed by atoms with Crippen LogP contribution in [0.4, 0.5) is 0 Å². The Morgan fingerprint density at radius 2 is 1.40 bits per heavy atom. The molecule has 2 aromatic carbocycles. The number of hydrogen-bond donors (Lipinski definition) is 1. The van der Waals surface area contributed by atoms with Crippen LogP contribution >= 0.6 is 0 Å². The quantitative estimate of drug-likeness (QED) is 0.753. The van der Waals surface area contributed by atoms with Gasteiger partial charge in [0.2, 0.25) is 5.91 Å². The largest absolute Gasteiger partial charge is 0.358 e. The Morgan fingerprint density at radius 3 is 1.80 bits per heavy atom. The maximum absolute atomic E-state index is 13.1. The third kappa shape index (κ3) is 4.29. The molecule has 0 spiro atoms. The lowest BCUT2D eigenvalue weighted by Crippen LogP contribution is -2.44. The topological polar surface area (TPSA) is 32.3 Å². The molecule has 0 heterocycles. The predicted octanol–water partition coefficient (Wildman–Crippen LogP) is 3.84. The molecule has 0 fully saturated rings. The van der Waals surface area contributed by atoms with Crippen LogP contribution in [0.5, 0.6) is 0 Å². The van der Waals surface area contributed by atoms with Crippen LogP contribution in [-0.2, 0) is 10.2 Å². The summed E-state index contributed by atoms with van der Waals surface area (Å²) < 4.78 is 0. The van der Waals surface area contributed by atoms with Crippen molar-refractivity contribution >= 4 is 5.91 Å². The standard InChI is InChI=1S/C22H30N2O/c1-4-24(5-2)18-12-17-22(21(25)23-3,19-13-8-6-9-14-19)20-15-10-7-11-16-20/h6-11,13-16H,4-5,12,17-18H2,1-3H3,(H,23,25). The normalized spacial score (nSPS) is 11.5. The van der Waals surface area contributed by atoms with Crippen LogP contribution in [0.2, 0.25) is 0 Å². The van der Waals surface area contributed by atoms with Crippen LogP contribution in [0.25, 0.3) is 0 Å². The molecule has 0 aliphatic carbocycles. The summed E-state index contributed by atoms with van der Waals surface area (Å²) >= 11 is 0. The molecule has 0 aromatic heterocycles. The number of nitrogens with zero attached hydrogens (tertiary/aromatic N) is 1. The fraction of sp³-hybridized carbons (Fsp3) is 0.409. The first-order valence-corrected chi connectivity index (χ1v) is 9.24. The van der Waals surface area contributed by atoms with Crippen LogP contribution in [0, 0.1) is 0 Å². The molecule has 2 aromatic rings. The highest BCUT2D eigenvalue weighted by Crippen LogP contribution is 2.37. The van der Waals surface area contributed by atoms with Gasteiger partial charge in [-0.3, -0.25) is 4.79 Å².